The second kappa shape index (κ2) is 12.8. The first-order chi connectivity index (χ1) is 23.9. The minimum atomic E-state index is -4.54. The van der Waals surface area contributed by atoms with Gasteiger partial charge in [0.05, 0.1) is 5.66 Å². The van der Waals surface area contributed by atoms with Crippen LogP contribution < -0.4 is 21.5 Å². The molecule has 1 aliphatic heterocycles. The zero-order valence-corrected chi connectivity index (χ0v) is 29.1. The van der Waals surface area contributed by atoms with Crippen molar-refractivity contribution in [2.45, 2.75) is 53.5 Å². The van der Waals surface area contributed by atoms with E-state index in [1.54, 1.807) is 96.1 Å². The second-order valence-corrected chi connectivity index (χ2v) is 16.4. The van der Waals surface area contributed by atoms with Gasteiger partial charge in [0.15, 0.2) is 42.4 Å². The molecule has 1 aliphatic rings. The van der Waals surface area contributed by atoms with Crippen molar-refractivity contribution in [1.82, 2.24) is 0 Å². The van der Waals surface area contributed by atoms with Crippen molar-refractivity contribution in [1.29, 1.82) is 0 Å². The molecule has 1 nitrogen and oxygen atoms in total. The minimum absolute atomic E-state index is 0.376. The fraction of sp³-hybridized carbons (Fsp3) is 0.211. The third-order valence-corrected chi connectivity index (χ3v) is 14.7. The Hall–Kier alpha value is -4.15. The molecule has 0 saturated carbocycles. The maximum absolute atomic E-state index is 16.3. The second-order valence-electron chi connectivity index (χ2n) is 13.3. The molecule has 13 heteroatoms. The van der Waals surface area contributed by atoms with Crippen molar-refractivity contribution in [2.75, 3.05) is 0 Å². The average Bonchev–Trinajstić information content (AvgIpc) is 3.40. The summed E-state index contributed by atoms with van der Waals surface area (Å²) in [6, 6.07) is 15.2. The normalized spacial score (nSPS) is 16.6. The van der Waals surface area contributed by atoms with Crippen molar-refractivity contribution >= 4 is 35.4 Å². The van der Waals surface area contributed by atoms with Crippen LogP contribution in [-0.4, -0.2) is 6.35 Å². The molecule has 51 heavy (non-hydrogen) atoms. The van der Waals surface area contributed by atoms with Gasteiger partial charge in [0, 0.05) is 0 Å². The molecule has 0 bridgehead atoms. The number of hydrogen-bond acceptors (Lipinski definition) is 1. The van der Waals surface area contributed by atoms with E-state index >= 15 is 35.1 Å². The van der Waals surface area contributed by atoms with Crippen LogP contribution >= 0.6 is 7.49 Å². The molecule has 5 aromatic rings. The Kier molecular flexibility index (Phi) is 9.21. The van der Waals surface area contributed by atoms with E-state index < -0.39 is 94.9 Å². The first-order valence-corrected chi connectivity index (χ1v) is 17.7. The maximum atomic E-state index is 16.3. The molecule has 0 radical (unpaired) electrons. The molecular formula is C38H30BF10OP. The summed E-state index contributed by atoms with van der Waals surface area (Å²) in [6.07, 6.45) is -5.48. The van der Waals surface area contributed by atoms with Crippen molar-refractivity contribution in [3.63, 3.8) is 0 Å². The van der Waals surface area contributed by atoms with E-state index in [2.05, 4.69) is 0 Å². The summed E-state index contributed by atoms with van der Waals surface area (Å²) >= 11 is 0. The molecule has 0 N–H and O–H groups in total. The third kappa shape index (κ3) is 5.31. The van der Waals surface area contributed by atoms with E-state index in [4.69, 9.17) is 4.44 Å². The fourth-order valence-corrected chi connectivity index (χ4v) is 14.0. The van der Waals surface area contributed by atoms with Gasteiger partial charge in [-0.05, 0) is 69.4 Å². The number of rotatable bonds is 5. The SMILES string of the molecule is Cc1cc(C)c([P+]2(c3c(C)cc(C)cc3C)O[B-](c3c(F)c(F)c(F)c(F)c3F)(c3c(F)c(F)c(F)c(F)c3F)C[C@H]2c2ccccc2)c(C)c1. The molecule has 266 valence electrons. The molecule has 1 heterocycles. The molecule has 1 saturated heterocycles. The monoisotopic (exact) mass is 734 g/mol. The largest absolute Gasteiger partial charge is 0.422 e. The predicted octanol–water partition coefficient (Wildman–Crippen LogP) is 9.34. The van der Waals surface area contributed by atoms with Crippen LogP contribution in [0.2, 0.25) is 6.32 Å². The van der Waals surface area contributed by atoms with E-state index in [9.17, 15) is 8.78 Å². The van der Waals surface area contributed by atoms with Crippen LogP contribution in [0.1, 0.15) is 44.6 Å². The van der Waals surface area contributed by atoms with Gasteiger partial charge >= 0.3 is 0 Å². The van der Waals surface area contributed by atoms with E-state index in [1.165, 1.54) is 0 Å². The Labute approximate surface area is 288 Å². The Morgan fingerprint density at radius 3 is 1.14 bits per heavy atom. The first kappa shape index (κ1) is 36.6. The minimum Gasteiger partial charge on any atom is -0.422 e. The Morgan fingerprint density at radius 2 is 0.804 bits per heavy atom. The summed E-state index contributed by atoms with van der Waals surface area (Å²) in [5, 5.41) is 0.849. The van der Waals surface area contributed by atoms with Crippen molar-refractivity contribution < 1.29 is 48.3 Å². The van der Waals surface area contributed by atoms with Gasteiger partial charge in [-0.2, -0.15) is 0 Å². The van der Waals surface area contributed by atoms with Crippen LogP contribution in [0.5, 0.6) is 0 Å². The molecule has 1 atom stereocenters. The highest BCUT2D eigenvalue weighted by molar-refractivity contribution is 7.88. The van der Waals surface area contributed by atoms with Gasteiger partial charge < -0.3 is 4.44 Å². The quantitative estimate of drug-likeness (QED) is 0.0576. The number of hydrogen-bond donors (Lipinski definition) is 0. The van der Waals surface area contributed by atoms with Gasteiger partial charge in [-0.25, -0.2) is 43.9 Å². The predicted molar refractivity (Wildman–Crippen MR) is 180 cm³/mol. The van der Waals surface area contributed by atoms with Crippen molar-refractivity contribution in [2.24, 2.45) is 0 Å². The smallest absolute Gasteiger partial charge is 0.236 e. The van der Waals surface area contributed by atoms with Crippen LogP contribution in [0.25, 0.3) is 0 Å². The summed E-state index contributed by atoms with van der Waals surface area (Å²) in [5.74, 6) is -25.1. The summed E-state index contributed by atoms with van der Waals surface area (Å²) < 4.78 is 162. The molecule has 0 unspecified atom stereocenters. The third-order valence-electron chi connectivity index (χ3n) is 9.88. The summed E-state index contributed by atoms with van der Waals surface area (Å²) in [5.41, 5.74) is -0.628. The molecule has 5 aromatic carbocycles. The average molecular weight is 734 g/mol. The number of benzene rings is 5. The van der Waals surface area contributed by atoms with E-state index in [0.717, 1.165) is 11.1 Å². The lowest BCUT2D eigenvalue weighted by atomic mass is 9.29. The lowest BCUT2D eigenvalue weighted by molar-refractivity contribution is 0.379. The number of aryl methyl sites for hydroxylation is 6. The zero-order chi connectivity index (χ0) is 37.5. The fourth-order valence-electron chi connectivity index (χ4n) is 8.35. The lowest BCUT2D eigenvalue weighted by Gasteiger charge is -2.40. The Morgan fingerprint density at radius 1 is 0.490 bits per heavy atom. The molecular weight excluding hydrogens is 704 g/mol. The van der Waals surface area contributed by atoms with Gasteiger partial charge in [0.25, 0.3) is 0 Å². The van der Waals surface area contributed by atoms with Gasteiger partial charge in [0.1, 0.15) is 33.9 Å². The summed E-state index contributed by atoms with van der Waals surface area (Å²) in [6.45, 7) is 10.5. The van der Waals surface area contributed by atoms with Crippen LogP contribution in [0.4, 0.5) is 43.9 Å². The first-order valence-electron chi connectivity index (χ1n) is 15.9. The Balaban J connectivity index is 1.94. The summed E-state index contributed by atoms with van der Waals surface area (Å²) in [4.78, 5) is 0. The van der Waals surface area contributed by atoms with E-state index in [-0.39, 0.29) is 0 Å². The van der Waals surface area contributed by atoms with Crippen LogP contribution in [-0.2, 0) is 4.44 Å². The highest BCUT2D eigenvalue weighted by Crippen LogP contribution is 2.78. The van der Waals surface area contributed by atoms with Crippen LogP contribution in [0, 0.1) is 99.7 Å². The van der Waals surface area contributed by atoms with E-state index in [0.29, 0.717) is 38.4 Å². The Bertz CT molecular complexity index is 2030. The lowest BCUT2D eigenvalue weighted by Crippen LogP contribution is -2.64. The summed E-state index contributed by atoms with van der Waals surface area (Å²) in [7, 11) is -4.01. The maximum Gasteiger partial charge on any atom is 0.236 e. The molecule has 0 aliphatic carbocycles. The molecule has 0 spiro atoms. The zero-order valence-electron chi connectivity index (χ0n) is 28.2. The van der Waals surface area contributed by atoms with Crippen molar-refractivity contribution in [3.05, 3.63) is 152 Å². The van der Waals surface area contributed by atoms with Gasteiger partial charge in [-0.3, -0.25) is 0 Å². The van der Waals surface area contributed by atoms with Crippen LogP contribution in [0.15, 0.2) is 54.6 Å². The highest BCUT2D eigenvalue weighted by Gasteiger charge is 2.66. The van der Waals surface area contributed by atoms with E-state index in [1.807, 2.05) is 0 Å². The standard InChI is InChI=1S/C38H30BF10OP/c1-17-12-19(3)37(20(4)13-17)51(38-21(5)14-18(2)15-22(38)6)24(23-10-8-7-9-11-23)16-39(50-51,25-27(40)31(44)35(48)32(45)28(25)41)26-29(42)33(46)36(49)34(47)30(26)43/h7-15,24H,16H2,1-6H3/t24-/m0/s1. The van der Waals surface area contributed by atoms with Gasteiger partial charge in [-0.1, -0.05) is 83.0 Å². The molecule has 6 rings (SSSR count). The number of halogens is 10. The molecule has 1 fully saturated rings. The molecule has 0 aromatic heterocycles. The van der Waals surface area contributed by atoms with Gasteiger partial charge in [-0.15, -0.1) is 0 Å². The highest BCUT2D eigenvalue weighted by atomic mass is 31.2. The molecule has 0 amide bonds. The van der Waals surface area contributed by atoms with Crippen molar-refractivity contribution in [3.8, 4) is 0 Å². The topological polar surface area (TPSA) is 9.23 Å². The van der Waals surface area contributed by atoms with Crippen LogP contribution in [0.3, 0.4) is 0 Å². The van der Waals surface area contributed by atoms with Gasteiger partial charge in [0.2, 0.25) is 6.35 Å².